The molecule has 1 heterocycles. The van der Waals surface area contributed by atoms with Gasteiger partial charge in [-0.25, -0.2) is 0 Å². The van der Waals surface area contributed by atoms with Crippen molar-refractivity contribution >= 4 is 17.5 Å². The van der Waals surface area contributed by atoms with Crippen molar-refractivity contribution < 1.29 is 9.53 Å². The van der Waals surface area contributed by atoms with Gasteiger partial charge in [-0.05, 0) is 31.4 Å². The van der Waals surface area contributed by atoms with E-state index in [1.807, 2.05) is 0 Å². The van der Waals surface area contributed by atoms with Crippen LogP contribution >= 0.6 is 11.6 Å². The average molecular weight is 298 g/mol. The molecule has 0 spiro atoms. The van der Waals surface area contributed by atoms with Crippen molar-refractivity contribution in [1.29, 1.82) is 0 Å². The molecule has 0 bridgehead atoms. The molecule has 1 saturated carbocycles. The Kier molecular flexibility index (Phi) is 6.21. The zero-order chi connectivity index (χ0) is 14.2. The van der Waals surface area contributed by atoms with Gasteiger partial charge in [0.15, 0.2) is 10.8 Å². The predicted molar refractivity (Wildman–Crippen MR) is 76.8 cm³/mol. The van der Waals surface area contributed by atoms with Gasteiger partial charge in [0.2, 0.25) is 0 Å². The highest BCUT2D eigenvalue weighted by atomic mass is 35.5. The van der Waals surface area contributed by atoms with Crippen molar-refractivity contribution in [3.05, 3.63) is 23.0 Å². The number of nitrogens with zero attached hydrogens (tertiary/aromatic N) is 2. The third-order valence-corrected chi connectivity index (χ3v) is 3.58. The van der Waals surface area contributed by atoms with Gasteiger partial charge in [0, 0.05) is 13.2 Å². The Morgan fingerprint density at radius 2 is 2.10 bits per heavy atom. The lowest BCUT2D eigenvalue weighted by Gasteiger charge is -2.21. The third-order valence-electron chi connectivity index (χ3n) is 3.38. The Morgan fingerprint density at radius 1 is 1.30 bits per heavy atom. The van der Waals surface area contributed by atoms with Crippen LogP contribution in [0.1, 0.15) is 49.0 Å². The highest BCUT2D eigenvalue weighted by Gasteiger charge is 2.13. The van der Waals surface area contributed by atoms with Crippen molar-refractivity contribution in [2.24, 2.45) is 0 Å². The van der Waals surface area contributed by atoms with Gasteiger partial charge in [-0.3, -0.25) is 4.79 Å². The van der Waals surface area contributed by atoms with Crippen molar-refractivity contribution in [1.82, 2.24) is 15.5 Å². The van der Waals surface area contributed by atoms with E-state index in [0.717, 1.165) is 6.42 Å². The summed E-state index contributed by atoms with van der Waals surface area (Å²) in [5, 5.41) is 10.4. The van der Waals surface area contributed by atoms with Gasteiger partial charge in [-0.1, -0.05) is 30.9 Å². The summed E-state index contributed by atoms with van der Waals surface area (Å²) in [5.41, 5.74) is 0.280. The number of amides is 1. The van der Waals surface area contributed by atoms with Crippen molar-refractivity contribution in [3.63, 3.8) is 0 Å². The minimum atomic E-state index is -0.230. The molecule has 0 atom stereocenters. The van der Waals surface area contributed by atoms with Crippen molar-refractivity contribution in [2.75, 3.05) is 13.2 Å². The van der Waals surface area contributed by atoms with Gasteiger partial charge in [-0.2, -0.15) is 0 Å². The summed E-state index contributed by atoms with van der Waals surface area (Å²) >= 11 is 5.61. The lowest BCUT2D eigenvalue weighted by atomic mass is 9.98. The van der Waals surface area contributed by atoms with E-state index >= 15 is 0 Å². The van der Waals surface area contributed by atoms with Crippen molar-refractivity contribution in [3.8, 4) is 0 Å². The van der Waals surface area contributed by atoms with Crippen LogP contribution in [-0.4, -0.2) is 35.4 Å². The van der Waals surface area contributed by atoms with E-state index < -0.39 is 0 Å². The van der Waals surface area contributed by atoms with E-state index in [1.54, 1.807) is 12.1 Å². The number of hydrogen-bond donors (Lipinski definition) is 1. The molecule has 6 heteroatoms. The maximum Gasteiger partial charge on any atom is 0.271 e. The highest BCUT2D eigenvalue weighted by Crippen LogP contribution is 2.20. The summed E-state index contributed by atoms with van der Waals surface area (Å²) in [7, 11) is 0. The van der Waals surface area contributed by atoms with Crippen LogP contribution in [0.5, 0.6) is 0 Å². The van der Waals surface area contributed by atoms with Gasteiger partial charge in [0.25, 0.3) is 5.91 Å². The van der Waals surface area contributed by atoms with Crippen LogP contribution in [-0.2, 0) is 4.74 Å². The number of halogens is 1. The molecule has 1 aliphatic rings. The summed E-state index contributed by atoms with van der Waals surface area (Å²) in [6.45, 7) is 1.27. The fourth-order valence-electron chi connectivity index (χ4n) is 2.28. The molecule has 1 aromatic heterocycles. The van der Waals surface area contributed by atoms with E-state index in [4.69, 9.17) is 16.3 Å². The number of nitrogens with one attached hydrogen (secondary N) is 1. The number of carbonyl (C=O) groups excluding carboxylic acids is 1. The molecule has 1 fully saturated rings. The molecule has 5 nitrogen and oxygen atoms in total. The van der Waals surface area contributed by atoms with Crippen LogP contribution in [0.15, 0.2) is 12.1 Å². The summed E-state index contributed by atoms with van der Waals surface area (Å²) in [6.07, 6.45) is 7.45. The molecule has 0 radical (unpaired) electrons. The molecule has 20 heavy (non-hydrogen) atoms. The largest absolute Gasteiger partial charge is 0.378 e. The van der Waals surface area contributed by atoms with Crippen LogP contribution < -0.4 is 5.32 Å². The quantitative estimate of drug-likeness (QED) is 0.820. The Balaban J connectivity index is 1.58. The first-order valence-electron chi connectivity index (χ1n) is 7.15. The van der Waals surface area contributed by atoms with E-state index in [1.165, 1.54) is 32.1 Å². The third kappa shape index (κ3) is 5.06. The van der Waals surface area contributed by atoms with Gasteiger partial charge < -0.3 is 10.1 Å². The molecule has 110 valence electrons. The van der Waals surface area contributed by atoms with Gasteiger partial charge in [-0.15, -0.1) is 10.2 Å². The topological polar surface area (TPSA) is 64.1 Å². The summed E-state index contributed by atoms with van der Waals surface area (Å²) in [4.78, 5) is 11.7. The fourth-order valence-corrected chi connectivity index (χ4v) is 2.38. The second-order valence-corrected chi connectivity index (χ2v) is 5.37. The average Bonchev–Trinajstić information content (AvgIpc) is 2.48. The van der Waals surface area contributed by atoms with Crippen LogP contribution in [0.25, 0.3) is 0 Å². The molecule has 1 amide bonds. The number of ether oxygens (including phenoxy) is 1. The van der Waals surface area contributed by atoms with Gasteiger partial charge in [0.05, 0.1) is 6.10 Å². The zero-order valence-electron chi connectivity index (χ0n) is 11.5. The summed E-state index contributed by atoms with van der Waals surface area (Å²) < 4.78 is 5.79. The lowest BCUT2D eigenvalue weighted by Crippen LogP contribution is -2.27. The number of hydrogen-bond acceptors (Lipinski definition) is 4. The molecule has 0 saturated heterocycles. The van der Waals surface area contributed by atoms with Crippen LogP contribution in [0.4, 0.5) is 0 Å². The van der Waals surface area contributed by atoms with E-state index in [2.05, 4.69) is 15.5 Å². The maximum atomic E-state index is 11.7. The molecule has 1 N–H and O–H groups in total. The smallest absolute Gasteiger partial charge is 0.271 e. The number of carbonyl (C=O) groups is 1. The molecule has 2 rings (SSSR count). The standard InChI is InChI=1S/C14H20ClN3O2/c15-13-8-7-12(17-18-13)14(19)16-9-4-10-20-11-5-2-1-3-6-11/h7-8,11H,1-6,9-10H2,(H,16,19). The molecule has 0 aromatic carbocycles. The minimum absolute atomic E-state index is 0.230. The lowest BCUT2D eigenvalue weighted by molar-refractivity contribution is 0.0273. The molecule has 0 unspecified atom stereocenters. The minimum Gasteiger partial charge on any atom is -0.378 e. The monoisotopic (exact) mass is 297 g/mol. The number of aromatic nitrogens is 2. The predicted octanol–water partition coefficient (Wildman–Crippen LogP) is 2.60. The van der Waals surface area contributed by atoms with Gasteiger partial charge >= 0.3 is 0 Å². The second kappa shape index (κ2) is 8.17. The molecule has 0 aliphatic heterocycles. The van der Waals surface area contributed by atoms with Crippen LogP contribution in [0, 0.1) is 0 Å². The normalized spacial score (nSPS) is 16.1. The summed E-state index contributed by atoms with van der Waals surface area (Å²) in [5.74, 6) is -0.230. The first kappa shape index (κ1) is 15.2. The van der Waals surface area contributed by atoms with E-state index in [-0.39, 0.29) is 16.8 Å². The Labute approximate surface area is 124 Å². The van der Waals surface area contributed by atoms with Gasteiger partial charge in [0.1, 0.15) is 0 Å². The van der Waals surface area contributed by atoms with Crippen LogP contribution in [0.2, 0.25) is 5.15 Å². The highest BCUT2D eigenvalue weighted by molar-refractivity contribution is 6.29. The molecule has 1 aliphatic carbocycles. The fraction of sp³-hybridized carbons (Fsp3) is 0.643. The zero-order valence-corrected chi connectivity index (χ0v) is 12.2. The Hall–Kier alpha value is -1.20. The number of rotatable bonds is 6. The van der Waals surface area contributed by atoms with Crippen molar-refractivity contribution in [2.45, 2.75) is 44.6 Å². The Morgan fingerprint density at radius 3 is 2.80 bits per heavy atom. The molecule has 1 aromatic rings. The maximum absolute atomic E-state index is 11.7. The Bertz CT molecular complexity index is 419. The SMILES string of the molecule is O=C(NCCCOC1CCCCC1)c1ccc(Cl)nn1. The second-order valence-electron chi connectivity index (χ2n) is 4.98. The molecular formula is C14H20ClN3O2. The van der Waals surface area contributed by atoms with Crippen LogP contribution in [0.3, 0.4) is 0 Å². The van der Waals surface area contributed by atoms with E-state index in [0.29, 0.717) is 19.3 Å². The summed E-state index contributed by atoms with van der Waals surface area (Å²) in [6, 6.07) is 3.11. The van der Waals surface area contributed by atoms with E-state index in [9.17, 15) is 4.79 Å². The molecular weight excluding hydrogens is 278 g/mol. The first-order chi connectivity index (χ1) is 9.75. The first-order valence-corrected chi connectivity index (χ1v) is 7.52.